The molecule has 0 unspecified atom stereocenters. The molecule has 0 atom stereocenters. The van der Waals surface area contributed by atoms with Gasteiger partial charge in [0.1, 0.15) is 0 Å². The molecule has 1 aliphatic heterocycles. The lowest BCUT2D eigenvalue weighted by atomic mass is 9.99. The molecule has 3 rings (SSSR count). The summed E-state index contributed by atoms with van der Waals surface area (Å²) in [4.78, 5) is 26.2. The van der Waals surface area contributed by atoms with Crippen molar-refractivity contribution in [1.82, 2.24) is 4.90 Å². The predicted molar refractivity (Wildman–Crippen MR) is 101 cm³/mol. The Balaban J connectivity index is 1.60. The van der Waals surface area contributed by atoms with Gasteiger partial charge in [0.25, 0.3) is 5.91 Å². The lowest BCUT2D eigenvalue weighted by molar-refractivity contribution is -0.135. The van der Waals surface area contributed by atoms with Gasteiger partial charge >= 0.3 is 5.97 Å². The van der Waals surface area contributed by atoms with Crippen molar-refractivity contribution < 1.29 is 28.9 Å². The number of fused-ring (bicyclic) bond motifs is 1. The fourth-order valence-corrected chi connectivity index (χ4v) is 3.14. The number of benzene rings is 2. The molecule has 0 radical (unpaired) electrons. The average molecular weight is 385 g/mol. The van der Waals surface area contributed by atoms with E-state index in [-0.39, 0.29) is 19.1 Å². The zero-order valence-corrected chi connectivity index (χ0v) is 15.9. The minimum absolute atomic E-state index is 0.0963. The summed E-state index contributed by atoms with van der Waals surface area (Å²) >= 11 is 0. The van der Waals surface area contributed by atoms with E-state index in [4.69, 9.17) is 19.3 Å². The van der Waals surface area contributed by atoms with Crippen LogP contribution in [0, 0.1) is 0 Å². The van der Waals surface area contributed by atoms with Crippen LogP contribution in [0.3, 0.4) is 0 Å². The monoisotopic (exact) mass is 385 g/mol. The molecule has 2 aromatic rings. The second-order valence-electron chi connectivity index (χ2n) is 6.47. The molecule has 7 nitrogen and oxygen atoms in total. The number of carbonyl (C=O) groups excluding carboxylic acids is 2. The molecule has 0 fully saturated rings. The second-order valence-corrected chi connectivity index (χ2v) is 6.47. The van der Waals surface area contributed by atoms with Crippen molar-refractivity contribution in [2.75, 3.05) is 27.4 Å². The molecule has 0 saturated carbocycles. The first kappa shape index (κ1) is 19.7. The number of aliphatic hydroxyl groups excluding tert-OH is 1. The number of methoxy groups -OCH3 is 2. The third-order valence-corrected chi connectivity index (χ3v) is 4.77. The Hall–Kier alpha value is -3.06. The zero-order chi connectivity index (χ0) is 20.1. The molecule has 0 aliphatic carbocycles. The Kier molecular flexibility index (Phi) is 6.16. The van der Waals surface area contributed by atoms with Crippen LogP contribution >= 0.6 is 0 Å². The number of amides is 1. The van der Waals surface area contributed by atoms with Crippen LogP contribution in [0.5, 0.6) is 11.5 Å². The maximum atomic E-state index is 12.5. The SMILES string of the molecule is COc1cc2c(cc1OC)CN(C(=O)COC(=O)c1ccc(CO)cc1)CC2. The van der Waals surface area contributed by atoms with Crippen LogP contribution < -0.4 is 9.47 Å². The first-order valence-electron chi connectivity index (χ1n) is 8.94. The van der Waals surface area contributed by atoms with Gasteiger partial charge in [-0.25, -0.2) is 4.79 Å². The lowest BCUT2D eigenvalue weighted by Gasteiger charge is -2.29. The Morgan fingerprint density at radius 1 is 1.04 bits per heavy atom. The molecule has 28 heavy (non-hydrogen) atoms. The van der Waals surface area contributed by atoms with Crippen molar-refractivity contribution in [2.24, 2.45) is 0 Å². The van der Waals surface area contributed by atoms with E-state index in [2.05, 4.69) is 0 Å². The third-order valence-electron chi connectivity index (χ3n) is 4.77. The molecular weight excluding hydrogens is 362 g/mol. The molecule has 2 aromatic carbocycles. The van der Waals surface area contributed by atoms with Crippen LogP contribution in [0.1, 0.15) is 27.0 Å². The van der Waals surface area contributed by atoms with Gasteiger partial charge in [-0.15, -0.1) is 0 Å². The van der Waals surface area contributed by atoms with Crippen LogP contribution in [0.2, 0.25) is 0 Å². The van der Waals surface area contributed by atoms with Gasteiger partial charge in [-0.1, -0.05) is 12.1 Å². The van der Waals surface area contributed by atoms with E-state index in [1.54, 1.807) is 43.4 Å². The van der Waals surface area contributed by atoms with Crippen LogP contribution in [0.4, 0.5) is 0 Å². The molecule has 7 heteroatoms. The number of esters is 1. The molecule has 0 saturated heterocycles. The molecule has 148 valence electrons. The summed E-state index contributed by atoms with van der Waals surface area (Å²) in [6.07, 6.45) is 0.692. The highest BCUT2D eigenvalue weighted by molar-refractivity contribution is 5.91. The van der Waals surface area contributed by atoms with Gasteiger partial charge in [0.05, 0.1) is 26.4 Å². The molecule has 1 amide bonds. The maximum Gasteiger partial charge on any atom is 0.338 e. The Labute approximate surface area is 163 Å². The van der Waals surface area contributed by atoms with Crippen LogP contribution in [-0.2, 0) is 29.1 Å². The number of hydrogen-bond donors (Lipinski definition) is 1. The van der Waals surface area contributed by atoms with E-state index >= 15 is 0 Å². The number of nitrogens with zero attached hydrogens (tertiary/aromatic N) is 1. The van der Waals surface area contributed by atoms with E-state index in [1.165, 1.54) is 0 Å². The van der Waals surface area contributed by atoms with Gasteiger partial charge < -0.3 is 24.2 Å². The third kappa shape index (κ3) is 4.26. The molecule has 0 spiro atoms. The number of rotatable bonds is 6. The minimum atomic E-state index is -0.568. The second kappa shape index (κ2) is 8.75. The van der Waals surface area contributed by atoms with E-state index < -0.39 is 5.97 Å². The normalized spacial score (nSPS) is 12.9. The fourth-order valence-electron chi connectivity index (χ4n) is 3.14. The molecule has 1 N–H and O–H groups in total. The standard InChI is InChI=1S/C21H23NO6/c1-26-18-9-16-7-8-22(11-17(16)10-19(18)27-2)20(24)13-28-21(25)15-5-3-14(12-23)4-6-15/h3-6,9-10,23H,7-8,11-13H2,1-2H3. The highest BCUT2D eigenvalue weighted by atomic mass is 16.5. The Morgan fingerprint density at radius 3 is 2.29 bits per heavy atom. The average Bonchev–Trinajstić information content (AvgIpc) is 2.75. The van der Waals surface area contributed by atoms with Crippen molar-refractivity contribution >= 4 is 11.9 Å². The zero-order valence-electron chi connectivity index (χ0n) is 15.9. The van der Waals surface area contributed by atoms with Gasteiger partial charge in [0.2, 0.25) is 0 Å². The number of aliphatic hydroxyl groups is 1. The lowest BCUT2D eigenvalue weighted by Crippen LogP contribution is -2.38. The van der Waals surface area contributed by atoms with Crippen LogP contribution in [-0.4, -0.2) is 49.3 Å². The van der Waals surface area contributed by atoms with Gasteiger partial charge in [-0.05, 0) is 47.4 Å². The highest BCUT2D eigenvalue weighted by Gasteiger charge is 2.23. The quantitative estimate of drug-likeness (QED) is 0.765. The summed E-state index contributed by atoms with van der Waals surface area (Å²) in [7, 11) is 3.16. The molecular formula is C21H23NO6. The maximum absolute atomic E-state index is 12.5. The summed E-state index contributed by atoms with van der Waals surface area (Å²) < 4.78 is 15.8. The Morgan fingerprint density at radius 2 is 1.68 bits per heavy atom. The van der Waals surface area contributed by atoms with Crippen LogP contribution in [0.25, 0.3) is 0 Å². The summed E-state index contributed by atoms with van der Waals surface area (Å²) in [5.74, 6) is 0.470. The first-order valence-corrected chi connectivity index (χ1v) is 8.94. The van der Waals surface area contributed by atoms with E-state index in [0.29, 0.717) is 42.1 Å². The molecule has 1 heterocycles. The van der Waals surface area contributed by atoms with Crippen molar-refractivity contribution in [3.8, 4) is 11.5 Å². The van der Waals surface area contributed by atoms with Crippen molar-refractivity contribution in [1.29, 1.82) is 0 Å². The summed E-state index contributed by atoms with van der Waals surface area (Å²) in [6, 6.07) is 10.2. The Bertz CT molecular complexity index is 862. The summed E-state index contributed by atoms with van der Waals surface area (Å²) in [6.45, 7) is 0.561. The molecule has 0 bridgehead atoms. The minimum Gasteiger partial charge on any atom is -0.493 e. The predicted octanol–water partition coefficient (Wildman–Crippen LogP) is 1.94. The number of carbonyl (C=O) groups is 2. The van der Waals surface area contributed by atoms with E-state index in [0.717, 1.165) is 11.1 Å². The largest absolute Gasteiger partial charge is 0.493 e. The molecule has 1 aliphatic rings. The van der Waals surface area contributed by atoms with E-state index in [1.807, 2.05) is 12.1 Å². The van der Waals surface area contributed by atoms with Crippen molar-refractivity contribution in [3.63, 3.8) is 0 Å². The van der Waals surface area contributed by atoms with Gasteiger partial charge in [0.15, 0.2) is 18.1 Å². The topological polar surface area (TPSA) is 85.3 Å². The summed E-state index contributed by atoms with van der Waals surface area (Å²) in [5, 5.41) is 9.04. The van der Waals surface area contributed by atoms with Gasteiger partial charge in [-0.2, -0.15) is 0 Å². The first-order chi connectivity index (χ1) is 13.5. The summed E-state index contributed by atoms with van der Waals surface area (Å²) in [5.41, 5.74) is 3.14. The number of ether oxygens (including phenoxy) is 3. The van der Waals surface area contributed by atoms with Gasteiger partial charge in [-0.3, -0.25) is 4.79 Å². The van der Waals surface area contributed by atoms with Crippen molar-refractivity contribution in [2.45, 2.75) is 19.6 Å². The fraction of sp³-hybridized carbons (Fsp3) is 0.333. The smallest absolute Gasteiger partial charge is 0.338 e. The van der Waals surface area contributed by atoms with Gasteiger partial charge in [0, 0.05) is 13.1 Å². The number of hydrogen-bond acceptors (Lipinski definition) is 6. The van der Waals surface area contributed by atoms with Crippen molar-refractivity contribution in [3.05, 3.63) is 58.7 Å². The highest BCUT2D eigenvalue weighted by Crippen LogP contribution is 2.33. The molecule has 0 aromatic heterocycles. The van der Waals surface area contributed by atoms with Crippen LogP contribution in [0.15, 0.2) is 36.4 Å². The van der Waals surface area contributed by atoms with E-state index in [9.17, 15) is 9.59 Å².